The van der Waals surface area contributed by atoms with Crippen LogP contribution in [0.3, 0.4) is 0 Å². The number of aryl methyl sites for hydroxylation is 1. The van der Waals surface area contributed by atoms with Crippen molar-refractivity contribution in [1.82, 2.24) is 0 Å². The molecule has 1 rings (SSSR count). The van der Waals surface area contributed by atoms with Gasteiger partial charge in [-0.3, -0.25) is 4.55 Å². The Labute approximate surface area is 179 Å². The van der Waals surface area contributed by atoms with E-state index < -0.39 is 10.4 Å². The van der Waals surface area contributed by atoms with Crippen LogP contribution in [0.2, 0.25) is 0 Å². The van der Waals surface area contributed by atoms with Gasteiger partial charge in [-0.2, -0.15) is 8.42 Å². The number of rotatable bonds is 20. The van der Waals surface area contributed by atoms with Crippen molar-refractivity contribution < 1.29 is 17.2 Å². The molecule has 0 amide bonds. The Balaban J connectivity index is 1.70. The Morgan fingerprint density at radius 1 is 0.586 bits per heavy atom. The highest BCUT2D eigenvalue weighted by atomic mass is 32.3. The van der Waals surface area contributed by atoms with E-state index in [0.717, 1.165) is 12.8 Å². The number of benzene rings is 1. The molecule has 0 saturated carbocycles. The van der Waals surface area contributed by atoms with Crippen molar-refractivity contribution in [3.8, 4) is 0 Å². The summed E-state index contributed by atoms with van der Waals surface area (Å²) in [5, 5.41) is 0. The molecule has 0 fully saturated rings. The summed E-state index contributed by atoms with van der Waals surface area (Å²) in [6.45, 7) is 0.0898. The van der Waals surface area contributed by atoms with E-state index in [-0.39, 0.29) is 6.61 Å². The zero-order chi connectivity index (χ0) is 21.0. The first kappa shape index (κ1) is 26.1. The van der Waals surface area contributed by atoms with E-state index >= 15 is 0 Å². The molecule has 0 radical (unpaired) electrons. The second-order valence-corrected chi connectivity index (χ2v) is 9.23. The quantitative estimate of drug-likeness (QED) is 0.176. The first-order valence-corrected chi connectivity index (χ1v) is 13.1. The predicted molar refractivity (Wildman–Crippen MR) is 122 cm³/mol. The molecule has 0 unspecified atom stereocenters. The molecule has 0 aliphatic rings. The average molecular weight is 427 g/mol. The van der Waals surface area contributed by atoms with E-state index in [2.05, 4.69) is 34.5 Å². The van der Waals surface area contributed by atoms with Crippen molar-refractivity contribution >= 4 is 10.4 Å². The molecule has 5 heteroatoms. The minimum absolute atomic E-state index is 0.0898. The molecule has 0 aliphatic heterocycles. The van der Waals surface area contributed by atoms with Gasteiger partial charge < -0.3 is 0 Å². The van der Waals surface area contributed by atoms with E-state index in [9.17, 15) is 8.42 Å². The lowest BCUT2D eigenvalue weighted by molar-refractivity contribution is 0.261. The van der Waals surface area contributed by atoms with Crippen molar-refractivity contribution in [3.05, 3.63) is 35.9 Å². The van der Waals surface area contributed by atoms with Gasteiger partial charge in [-0.25, -0.2) is 4.18 Å². The molecule has 1 N–H and O–H groups in total. The molecule has 1 aromatic rings. The van der Waals surface area contributed by atoms with Crippen molar-refractivity contribution in [2.45, 2.75) is 109 Å². The maximum atomic E-state index is 10.4. The first-order chi connectivity index (χ1) is 14.1. The third kappa shape index (κ3) is 18.8. The zero-order valence-electron chi connectivity index (χ0n) is 18.2. The molecule has 0 spiro atoms. The molecule has 168 valence electrons. The van der Waals surface area contributed by atoms with Crippen LogP contribution in [0.1, 0.15) is 108 Å². The van der Waals surface area contributed by atoms with Gasteiger partial charge in [0.2, 0.25) is 0 Å². The van der Waals surface area contributed by atoms with Gasteiger partial charge in [-0.05, 0) is 24.8 Å². The van der Waals surface area contributed by atoms with Gasteiger partial charge in [-0.15, -0.1) is 0 Å². The van der Waals surface area contributed by atoms with E-state index in [0.29, 0.717) is 6.42 Å². The van der Waals surface area contributed by atoms with Crippen LogP contribution in [0.25, 0.3) is 0 Å². The van der Waals surface area contributed by atoms with Crippen LogP contribution in [0.5, 0.6) is 0 Å². The molecule has 0 saturated heterocycles. The highest BCUT2D eigenvalue weighted by Gasteiger charge is 2.02. The van der Waals surface area contributed by atoms with Gasteiger partial charge in [-0.1, -0.05) is 120 Å². The smallest absolute Gasteiger partial charge is 0.264 e. The molecule has 0 aliphatic carbocycles. The third-order valence-corrected chi connectivity index (χ3v) is 5.90. The number of hydrogen-bond acceptors (Lipinski definition) is 3. The van der Waals surface area contributed by atoms with Crippen LogP contribution in [0.15, 0.2) is 30.3 Å². The molecule has 0 atom stereocenters. The van der Waals surface area contributed by atoms with E-state index in [1.165, 1.54) is 95.5 Å². The van der Waals surface area contributed by atoms with Crippen LogP contribution in [0, 0.1) is 0 Å². The minimum Gasteiger partial charge on any atom is -0.264 e. The molecular formula is C24H42O4S. The second-order valence-electron chi connectivity index (χ2n) is 8.14. The summed E-state index contributed by atoms with van der Waals surface area (Å²) < 4.78 is 33.5. The van der Waals surface area contributed by atoms with Crippen molar-refractivity contribution in [2.75, 3.05) is 6.61 Å². The fourth-order valence-electron chi connectivity index (χ4n) is 3.71. The first-order valence-electron chi connectivity index (χ1n) is 11.7. The van der Waals surface area contributed by atoms with E-state index in [1.807, 2.05) is 0 Å². The Bertz CT molecular complexity index is 572. The summed E-state index contributed by atoms with van der Waals surface area (Å²) in [5.41, 5.74) is 1.47. The second kappa shape index (κ2) is 17.9. The van der Waals surface area contributed by atoms with Crippen LogP contribution in [-0.4, -0.2) is 19.6 Å². The average Bonchev–Trinajstić information content (AvgIpc) is 2.69. The molecule has 0 aromatic heterocycles. The van der Waals surface area contributed by atoms with Gasteiger partial charge in [0.05, 0.1) is 6.61 Å². The van der Waals surface area contributed by atoms with Crippen molar-refractivity contribution in [3.63, 3.8) is 0 Å². The van der Waals surface area contributed by atoms with E-state index in [4.69, 9.17) is 4.55 Å². The summed E-state index contributed by atoms with van der Waals surface area (Å²) in [6, 6.07) is 10.8. The summed E-state index contributed by atoms with van der Waals surface area (Å²) in [5.74, 6) is 0. The molecular weight excluding hydrogens is 384 g/mol. The summed E-state index contributed by atoms with van der Waals surface area (Å²) in [6.07, 6.45) is 21.5. The predicted octanol–water partition coefficient (Wildman–Crippen LogP) is 7.29. The van der Waals surface area contributed by atoms with Crippen LogP contribution < -0.4 is 0 Å². The summed E-state index contributed by atoms with van der Waals surface area (Å²) >= 11 is 0. The molecule has 29 heavy (non-hydrogen) atoms. The minimum atomic E-state index is -4.26. The molecule has 1 aromatic carbocycles. The normalized spacial score (nSPS) is 11.8. The zero-order valence-corrected chi connectivity index (χ0v) is 19.0. The fraction of sp³-hybridized carbons (Fsp3) is 0.750. The summed E-state index contributed by atoms with van der Waals surface area (Å²) in [7, 11) is -4.26. The molecule has 0 heterocycles. The largest absolute Gasteiger partial charge is 0.397 e. The third-order valence-electron chi connectivity index (χ3n) is 5.43. The van der Waals surface area contributed by atoms with Crippen LogP contribution in [-0.2, 0) is 21.0 Å². The SMILES string of the molecule is O=S(=O)(O)OCCCCCCCCCCCCCCCCCCc1ccccc1. The van der Waals surface area contributed by atoms with Crippen LogP contribution >= 0.6 is 0 Å². The Morgan fingerprint density at radius 3 is 1.38 bits per heavy atom. The van der Waals surface area contributed by atoms with Gasteiger partial charge in [0.1, 0.15) is 0 Å². The van der Waals surface area contributed by atoms with Gasteiger partial charge in [0.25, 0.3) is 0 Å². The van der Waals surface area contributed by atoms with Gasteiger partial charge in [0, 0.05) is 0 Å². The monoisotopic (exact) mass is 426 g/mol. The van der Waals surface area contributed by atoms with E-state index in [1.54, 1.807) is 0 Å². The Kier molecular flexibility index (Phi) is 16.1. The van der Waals surface area contributed by atoms with Crippen LogP contribution in [0.4, 0.5) is 0 Å². The highest BCUT2D eigenvalue weighted by Crippen LogP contribution is 2.14. The van der Waals surface area contributed by atoms with Gasteiger partial charge >= 0.3 is 10.4 Å². The highest BCUT2D eigenvalue weighted by molar-refractivity contribution is 7.80. The van der Waals surface area contributed by atoms with Gasteiger partial charge in [0.15, 0.2) is 0 Å². The van der Waals surface area contributed by atoms with Crippen molar-refractivity contribution in [2.24, 2.45) is 0 Å². The number of hydrogen-bond donors (Lipinski definition) is 1. The molecule has 0 bridgehead atoms. The lowest BCUT2D eigenvalue weighted by atomic mass is 10.0. The maximum Gasteiger partial charge on any atom is 0.397 e. The standard InChI is InChI=1S/C24H42O4S/c25-29(26,27)28-23-19-14-12-10-8-6-4-2-1-3-5-7-9-11-13-16-20-24-21-17-15-18-22-24/h15,17-18,21-22H,1-14,16,19-20,23H2,(H,25,26,27). The lowest BCUT2D eigenvalue weighted by Crippen LogP contribution is -2.04. The Hall–Kier alpha value is -0.910. The lowest BCUT2D eigenvalue weighted by Gasteiger charge is -2.04. The topological polar surface area (TPSA) is 63.6 Å². The number of unbranched alkanes of at least 4 members (excludes halogenated alkanes) is 15. The molecule has 4 nitrogen and oxygen atoms in total. The van der Waals surface area contributed by atoms with Crippen molar-refractivity contribution in [1.29, 1.82) is 0 Å². The fourth-order valence-corrected chi connectivity index (χ4v) is 4.04. The maximum absolute atomic E-state index is 10.4. The Morgan fingerprint density at radius 2 is 0.966 bits per heavy atom. The summed E-state index contributed by atoms with van der Waals surface area (Å²) in [4.78, 5) is 0.